The third kappa shape index (κ3) is 3.06. The molecule has 0 amide bonds. The summed E-state index contributed by atoms with van der Waals surface area (Å²) in [5.74, 6) is 1.85. The van der Waals surface area contributed by atoms with Crippen LogP contribution in [0.1, 0.15) is 23.3 Å². The number of hydrogen-bond donors (Lipinski definition) is 3. The second-order valence-corrected chi connectivity index (χ2v) is 8.39. The number of anilines is 1. The zero-order valence-electron chi connectivity index (χ0n) is 15.0. The zero-order valence-corrected chi connectivity index (χ0v) is 15.8. The van der Waals surface area contributed by atoms with Gasteiger partial charge in [0.25, 0.3) is 0 Å². The highest BCUT2D eigenvalue weighted by atomic mass is 32.1. The lowest BCUT2D eigenvalue weighted by Crippen LogP contribution is -2.51. The quantitative estimate of drug-likeness (QED) is 0.640. The fraction of sp³-hybridized carbons (Fsp3) is 0.421. The van der Waals surface area contributed by atoms with Crippen LogP contribution in [-0.2, 0) is 0 Å². The van der Waals surface area contributed by atoms with Gasteiger partial charge in [-0.15, -0.1) is 11.3 Å². The summed E-state index contributed by atoms with van der Waals surface area (Å²) in [6, 6.07) is 3.83. The van der Waals surface area contributed by atoms with E-state index in [1.165, 1.54) is 10.4 Å². The standard InChI is InChI=1S/C19H23N5OS/c1-11-12(2)26-18-15(11)17(22-10-19(25)6-13(7-19)8-20)23-16(24-18)14-4-3-5-21-9-14/h3-5,9,13,25H,6-8,10,20H2,1-2H3,(H,22,23,24). The van der Waals surface area contributed by atoms with E-state index >= 15 is 0 Å². The minimum absolute atomic E-state index is 0.420. The Labute approximate surface area is 156 Å². The number of aromatic nitrogens is 3. The Balaban J connectivity index is 1.70. The van der Waals surface area contributed by atoms with E-state index in [4.69, 9.17) is 15.7 Å². The molecule has 1 aliphatic rings. The predicted octanol–water partition coefficient (Wildman–Crippen LogP) is 2.88. The van der Waals surface area contributed by atoms with E-state index in [-0.39, 0.29) is 0 Å². The first-order chi connectivity index (χ1) is 12.5. The van der Waals surface area contributed by atoms with E-state index in [1.807, 2.05) is 12.1 Å². The number of aryl methyl sites for hydroxylation is 2. The number of rotatable bonds is 5. The molecule has 0 bridgehead atoms. The van der Waals surface area contributed by atoms with Gasteiger partial charge in [0, 0.05) is 29.4 Å². The summed E-state index contributed by atoms with van der Waals surface area (Å²) in [6.45, 7) is 5.29. The molecule has 0 saturated heterocycles. The highest BCUT2D eigenvalue weighted by molar-refractivity contribution is 7.18. The minimum atomic E-state index is -0.700. The molecule has 3 heterocycles. The average Bonchev–Trinajstić information content (AvgIpc) is 2.92. The van der Waals surface area contributed by atoms with Crippen LogP contribution in [0.3, 0.4) is 0 Å². The Morgan fingerprint density at radius 2 is 2.15 bits per heavy atom. The van der Waals surface area contributed by atoms with E-state index in [2.05, 4.69) is 24.1 Å². The SMILES string of the molecule is Cc1sc2nc(-c3cccnc3)nc(NCC3(O)CC(CN)C3)c2c1C. The normalized spacial score (nSPS) is 22.4. The van der Waals surface area contributed by atoms with Crippen molar-refractivity contribution < 1.29 is 5.11 Å². The summed E-state index contributed by atoms with van der Waals surface area (Å²) in [7, 11) is 0. The number of nitrogens with one attached hydrogen (secondary N) is 1. The van der Waals surface area contributed by atoms with Crippen molar-refractivity contribution in [3.63, 3.8) is 0 Å². The van der Waals surface area contributed by atoms with Crippen LogP contribution in [0.15, 0.2) is 24.5 Å². The van der Waals surface area contributed by atoms with Gasteiger partial charge in [-0.05, 0) is 56.8 Å². The average molecular weight is 369 g/mol. The van der Waals surface area contributed by atoms with Gasteiger partial charge in [0.2, 0.25) is 0 Å². The lowest BCUT2D eigenvalue weighted by Gasteiger charge is -2.43. The number of nitrogens with zero attached hydrogens (tertiary/aromatic N) is 3. The molecule has 7 heteroatoms. The molecule has 0 unspecified atom stereocenters. The molecule has 0 radical (unpaired) electrons. The number of hydrogen-bond acceptors (Lipinski definition) is 7. The summed E-state index contributed by atoms with van der Waals surface area (Å²) in [6.07, 6.45) is 4.98. The molecule has 4 rings (SSSR count). The van der Waals surface area contributed by atoms with Crippen LogP contribution in [0.5, 0.6) is 0 Å². The van der Waals surface area contributed by atoms with Gasteiger partial charge in [-0.3, -0.25) is 4.98 Å². The van der Waals surface area contributed by atoms with E-state index in [0.29, 0.717) is 24.8 Å². The Hall–Kier alpha value is -2.09. The molecule has 3 aromatic rings. The summed E-state index contributed by atoms with van der Waals surface area (Å²) in [5, 5.41) is 15.1. The highest BCUT2D eigenvalue weighted by Crippen LogP contribution is 2.39. The third-order valence-electron chi connectivity index (χ3n) is 5.20. The number of nitrogens with two attached hydrogens (primary N) is 1. The summed E-state index contributed by atoms with van der Waals surface area (Å²) in [5.41, 5.74) is 7.05. The largest absolute Gasteiger partial charge is 0.388 e. The van der Waals surface area contributed by atoms with Gasteiger partial charge in [-0.1, -0.05) is 0 Å². The molecule has 0 spiro atoms. The van der Waals surface area contributed by atoms with Gasteiger partial charge >= 0.3 is 0 Å². The number of fused-ring (bicyclic) bond motifs is 1. The lowest BCUT2D eigenvalue weighted by molar-refractivity contribution is -0.0584. The summed E-state index contributed by atoms with van der Waals surface area (Å²) >= 11 is 1.67. The van der Waals surface area contributed by atoms with Crippen molar-refractivity contribution in [1.82, 2.24) is 15.0 Å². The van der Waals surface area contributed by atoms with Crippen LogP contribution >= 0.6 is 11.3 Å². The fourth-order valence-electron chi connectivity index (χ4n) is 3.58. The maximum atomic E-state index is 10.6. The maximum Gasteiger partial charge on any atom is 0.164 e. The van der Waals surface area contributed by atoms with Gasteiger partial charge < -0.3 is 16.2 Å². The number of pyridine rings is 1. The molecule has 6 nitrogen and oxygen atoms in total. The minimum Gasteiger partial charge on any atom is -0.388 e. The molecule has 0 aromatic carbocycles. The lowest BCUT2D eigenvalue weighted by atomic mass is 9.71. The third-order valence-corrected chi connectivity index (χ3v) is 6.31. The van der Waals surface area contributed by atoms with E-state index < -0.39 is 5.60 Å². The van der Waals surface area contributed by atoms with Gasteiger partial charge in [-0.25, -0.2) is 9.97 Å². The van der Waals surface area contributed by atoms with Crippen LogP contribution in [0.4, 0.5) is 5.82 Å². The first-order valence-corrected chi connectivity index (χ1v) is 9.65. The van der Waals surface area contributed by atoms with Crippen LogP contribution in [0, 0.1) is 19.8 Å². The van der Waals surface area contributed by atoms with Gasteiger partial charge in [0.05, 0.1) is 11.0 Å². The smallest absolute Gasteiger partial charge is 0.164 e. The van der Waals surface area contributed by atoms with Crippen molar-refractivity contribution in [3.8, 4) is 11.4 Å². The Morgan fingerprint density at radius 1 is 1.35 bits per heavy atom. The summed E-state index contributed by atoms with van der Waals surface area (Å²) in [4.78, 5) is 15.8. The molecular formula is C19H23N5OS. The summed E-state index contributed by atoms with van der Waals surface area (Å²) < 4.78 is 0. The van der Waals surface area contributed by atoms with Crippen LogP contribution in [-0.4, -0.2) is 38.7 Å². The molecule has 0 atom stereocenters. The molecule has 26 heavy (non-hydrogen) atoms. The fourth-order valence-corrected chi connectivity index (χ4v) is 4.60. The Kier molecular flexibility index (Phi) is 4.38. The molecule has 136 valence electrons. The maximum absolute atomic E-state index is 10.6. The van der Waals surface area contributed by atoms with Crippen molar-refractivity contribution in [2.75, 3.05) is 18.4 Å². The molecular weight excluding hydrogens is 346 g/mol. The Morgan fingerprint density at radius 3 is 2.85 bits per heavy atom. The number of aliphatic hydroxyl groups is 1. The van der Waals surface area contributed by atoms with E-state index in [1.54, 1.807) is 23.7 Å². The predicted molar refractivity (Wildman–Crippen MR) is 105 cm³/mol. The second kappa shape index (κ2) is 6.57. The molecule has 1 aliphatic carbocycles. The van der Waals surface area contributed by atoms with Crippen molar-refractivity contribution in [1.29, 1.82) is 0 Å². The van der Waals surface area contributed by atoms with Gasteiger partial charge in [0.15, 0.2) is 5.82 Å². The van der Waals surface area contributed by atoms with Gasteiger partial charge in [-0.2, -0.15) is 0 Å². The first kappa shape index (κ1) is 17.3. The van der Waals surface area contributed by atoms with Crippen molar-refractivity contribution in [2.45, 2.75) is 32.3 Å². The van der Waals surface area contributed by atoms with Crippen molar-refractivity contribution >= 4 is 27.4 Å². The molecule has 3 aromatic heterocycles. The molecule has 1 saturated carbocycles. The number of thiophene rings is 1. The van der Waals surface area contributed by atoms with Crippen LogP contribution < -0.4 is 11.1 Å². The first-order valence-electron chi connectivity index (χ1n) is 8.83. The van der Waals surface area contributed by atoms with Crippen LogP contribution in [0.2, 0.25) is 0 Å². The zero-order chi connectivity index (χ0) is 18.3. The molecule has 0 aliphatic heterocycles. The van der Waals surface area contributed by atoms with E-state index in [9.17, 15) is 5.11 Å². The van der Waals surface area contributed by atoms with Crippen LogP contribution in [0.25, 0.3) is 21.6 Å². The second-order valence-electron chi connectivity index (χ2n) is 7.19. The topological polar surface area (TPSA) is 97.0 Å². The highest BCUT2D eigenvalue weighted by Gasteiger charge is 2.41. The van der Waals surface area contributed by atoms with Crippen molar-refractivity contribution in [3.05, 3.63) is 35.0 Å². The van der Waals surface area contributed by atoms with Crippen molar-refractivity contribution in [2.24, 2.45) is 11.7 Å². The Bertz CT molecular complexity index is 934. The molecule has 4 N–H and O–H groups in total. The van der Waals surface area contributed by atoms with Gasteiger partial charge in [0.1, 0.15) is 10.6 Å². The molecule has 1 fully saturated rings. The monoisotopic (exact) mass is 369 g/mol. The van der Waals surface area contributed by atoms with E-state index in [0.717, 1.165) is 34.4 Å².